The molecule has 0 bridgehead atoms. The first kappa shape index (κ1) is 31.5. The summed E-state index contributed by atoms with van der Waals surface area (Å²) < 4.78 is 4.59. The number of hydrogen-bond acceptors (Lipinski definition) is 4. The number of rotatable bonds is 2. The predicted molar refractivity (Wildman–Crippen MR) is 151 cm³/mol. The van der Waals surface area contributed by atoms with E-state index in [1.807, 2.05) is 36.7 Å². The Balaban J connectivity index is 0.000000983. The standard InChI is InChI=1S/C28H36Cl2N2O2.C2H4O2.Co/c1-27(2,3)21-13-19(29)11-17(25(21)33)15-31-23-9-7-8-10-24(23)32-16-18-12-20(30)14-22(26(18)34)28(4,5)6;1-2(3)4;/h11-16,23-24,33-34H,7-10H2,1-6H3;1H3,(H,3,4);/q;;+2/p-1/t23-,24-;;/m1../s1. The molecule has 1 heterocycles. The summed E-state index contributed by atoms with van der Waals surface area (Å²) in [7, 11) is 0. The fourth-order valence-electron chi connectivity index (χ4n) is 4.89. The Labute approximate surface area is 248 Å². The van der Waals surface area contributed by atoms with Crippen molar-refractivity contribution in [2.75, 3.05) is 0 Å². The van der Waals surface area contributed by atoms with Crippen LogP contribution in [-0.2, 0) is 30.8 Å². The summed E-state index contributed by atoms with van der Waals surface area (Å²) in [6.45, 7) is 13.4. The van der Waals surface area contributed by atoms with Crippen LogP contribution >= 0.6 is 23.2 Å². The Bertz CT molecular complexity index is 1210. The molecule has 2 atom stereocenters. The van der Waals surface area contributed by atoms with Gasteiger partial charge in [-0.3, -0.25) is 0 Å². The van der Waals surface area contributed by atoms with E-state index in [1.165, 1.54) is 12.8 Å². The third-order valence-electron chi connectivity index (χ3n) is 6.79. The zero-order chi connectivity index (χ0) is 29.3. The number of halogens is 2. The van der Waals surface area contributed by atoms with Crippen molar-refractivity contribution in [3.8, 4) is 11.5 Å². The number of carboxylic acids is 1. The van der Waals surface area contributed by atoms with Crippen molar-refractivity contribution in [1.29, 1.82) is 0 Å². The number of aromatic hydroxyl groups is 2. The van der Waals surface area contributed by atoms with Crippen LogP contribution in [0, 0.1) is 0 Å². The van der Waals surface area contributed by atoms with Crippen molar-refractivity contribution in [2.24, 2.45) is 0 Å². The Morgan fingerprint density at radius 2 is 1.18 bits per heavy atom. The van der Waals surface area contributed by atoms with Gasteiger partial charge in [-0.25, -0.2) is 0 Å². The van der Waals surface area contributed by atoms with Gasteiger partial charge in [0.1, 0.15) is 0 Å². The van der Waals surface area contributed by atoms with E-state index >= 15 is 0 Å². The van der Waals surface area contributed by atoms with Crippen LogP contribution in [0.15, 0.2) is 24.3 Å². The van der Waals surface area contributed by atoms with E-state index in [0.717, 1.165) is 57.1 Å². The second-order valence-corrected chi connectivity index (χ2v) is 14.3. The average Bonchev–Trinajstić information content (AvgIpc) is 3.13. The first-order chi connectivity index (χ1) is 18.0. The van der Waals surface area contributed by atoms with Gasteiger partial charge in [-0.2, -0.15) is 0 Å². The molecule has 0 aromatic heterocycles. The van der Waals surface area contributed by atoms with Gasteiger partial charge in [0.05, 0.1) is 0 Å². The number of phenols is 2. The van der Waals surface area contributed by atoms with E-state index in [0.29, 0.717) is 22.1 Å². The van der Waals surface area contributed by atoms with Gasteiger partial charge < -0.3 is 9.90 Å². The van der Waals surface area contributed by atoms with Gasteiger partial charge >= 0.3 is 226 Å². The summed E-state index contributed by atoms with van der Waals surface area (Å²) >= 11 is 13.9. The van der Waals surface area contributed by atoms with Crippen molar-refractivity contribution < 1.29 is 42.5 Å². The van der Waals surface area contributed by atoms with Crippen LogP contribution in [0.5, 0.6) is 11.5 Å². The summed E-state index contributed by atoms with van der Waals surface area (Å²) in [6, 6.07) is 8.02. The number of hydrogen-bond donors (Lipinski definition) is 2. The van der Waals surface area contributed by atoms with E-state index in [2.05, 4.69) is 48.8 Å². The molecule has 2 aliphatic rings. The minimum absolute atomic E-state index is 0.220. The molecule has 1 aliphatic heterocycles. The minimum atomic E-state index is -1.08. The molecule has 2 aromatic carbocycles. The van der Waals surface area contributed by atoms with Crippen molar-refractivity contribution in [1.82, 2.24) is 0 Å². The van der Waals surface area contributed by atoms with Crippen molar-refractivity contribution in [3.63, 3.8) is 0 Å². The average molecular weight is 621 g/mol. The van der Waals surface area contributed by atoms with Crippen molar-refractivity contribution >= 4 is 41.6 Å². The quantitative estimate of drug-likeness (QED) is 0.460. The van der Waals surface area contributed by atoms with Gasteiger partial charge in [-0.1, -0.05) is 0 Å². The van der Waals surface area contributed by atoms with Crippen molar-refractivity contribution in [3.05, 3.63) is 56.6 Å². The molecule has 0 unspecified atom stereocenters. The summed E-state index contributed by atoms with van der Waals surface area (Å²) in [5.74, 6) is -0.512. The Morgan fingerprint density at radius 3 is 1.49 bits per heavy atom. The summed E-state index contributed by atoms with van der Waals surface area (Å²) in [5, 5.41) is 32.3. The Hall–Kier alpha value is -2.06. The Morgan fingerprint density at radius 1 is 0.846 bits per heavy atom. The van der Waals surface area contributed by atoms with E-state index < -0.39 is 5.97 Å². The molecule has 1 saturated carbocycles. The first-order valence-corrected chi connectivity index (χ1v) is 14.8. The molecule has 9 heteroatoms. The summed E-state index contributed by atoms with van der Waals surface area (Å²) in [5.41, 5.74) is 2.72. The maximum atomic E-state index is 11.1. The third kappa shape index (κ3) is 7.78. The Kier molecular flexibility index (Phi) is 9.85. The van der Waals surface area contributed by atoms with Gasteiger partial charge in [-0.15, -0.1) is 0 Å². The molecule has 2 fully saturated rings. The number of carbonyl (C=O) groups is 1. The predicted octanol–water partition coefficient (Wildman–Crippen LogP) is 5.56. The summed E-state index contributed by atoms with van der Waals surface area (Å²) in [6.07, 6.45) is 8.62. The molecule has 2 aromatic rings. The third-order valence-corrected chi connectivity index (χ3v) is 8.67. The van der Waals surface area contributed by atoms with Crippen LogP contribution in [-0.4, -0.2) is 47.9 Å². The number of nitrogens with zero attached hydrogens (tertiary/aromatic N) is 2. The van der Waals surface area contributed by atoms with Gasteiger partial charge in [0.2, 0.25) is 0 Å². The van der Waals surface area contributed by atoms with Gasteiger partial charge in [0.15, 0.2) is 0 Å². The molecular weight excluding hydrogens is 582 g/mol. The van der Waals surface area contributed by atoms with Crippen LogP contribution in [0.2, 0.25) is 10.0 Å². The first-order valence-electron chi connectivity index (χ1n) is 13.1. The number of carboxylic acid groups (broad SMARTS) is 1. The molecule has 0 amide bonds. The summed E-state index contributed by atoms with van der Waals surface area (Å²) in [4.78, 5) is 8.89. The number of carbonyl (C=O) groups excluding carboxylic acids is 1. The van der Waals surface area contributed by atoms with E-state index in [4.69, 9.17) is 33.1 Å². The normalized spacial score (nSPS) is 21.7. The number of fused-ring (bicyclic) bond motifs is 1. The van der Waals surface area contributed by atoms with Gasteiger partial charge in [0.25, 0.3) is 0 Å². The zero-order valence-corrected chi connectivity index (χ0v) is 26.2. The molecular formula is C30H39Cl2CoN2O4+. The molecule has 2 N–H and O–H groups in total. The zero-order valence-electron chi connectivity index (χ0n) is 23.6. The van der Waals surface area contributed by atoms with E-state index in [9.17, 15) is 10.2 Å². The molecule has 1 aliphatic carbocycles. The van der Waals surface area contributed by atoms with Crippen LogP contribution in [0.1, 0.15) is 96.4 Å². The van der Waals surface area contributed by atoms with Crippen LogP contribution < -0.4 is 5.11 Å². The van der Waals surface area contributed by atoms with Gasteiger partial charge in [-0.05, 0) is 6.92 Å². The molecule has 0 spiro atoms. The molecule has 0 radical (unpaired) electrons. The molecule has 1 saturated heterocycles. The molecule has 4 rings (SSSR count). The van der Waals surface area contributed by atoms with Crippen molar-refractivity contribution in [2.45, 2.75) is 97.1 Å². The SMILES string of the molecule is CC(=O)[O-].CC(C)(C)c1cc(Cl)cc(C=[N+]2[Co][N+](=Cc3cc(Cl)cc(C(C)(C)C)c3O)[C@@H]3CCCC[C@H]32)c1O. The second kappa shape index (κ2) is 12.2. The number of aliphatic carboxylic acids is 1. The number of benzene rings is 2. The van der Waals surface area contributed by atoms with Crippen LogP contribution in [0.3, 0.4) is 0 Å². The molecule has 6 nitrogen and oxygen atoms in total. The van der Waals surface area contributed by atoms with E-state index in [-0.39, 0.29) is 22.3 Å². The van der Waals surface area contributed by atoms with Gasteiger partial charge in [0, 0.05) is 5.97 Å². The number of phenolic OH excluding ortho intramolecular Hbond substituents is 2. The fourth-order valence-corrected chi connectivity index (χ4v) is 6.97. The monoisotopic (exact) mass is 620 g/mol. The van der Waals surface area contributed by atoms with Crippen LogP contribution in [0.25, 0.3) is 0 Å². The maximum absolute atomic E-state index is 11.1. The van der Waals surface area contributed by atoms with E-state index in [1.54, 1.807) is 0 Å². The fraction of sp³-hybridized carbons (Fsp3) is 0.500. The second-order valence-electron chi connectivity index (χ2n) is 12.2. The molecule has 39 heavy (non-hydrogen) atoms. The molecule has 215 valence electrons. The topological polar surface area (TPSA) is 86.6 Å². The van der Waals surface area contributed by atoms with Crippen LogP contribution in [0.4, 0.5) is 0 Å².